The Kier molecular flexibility index (Phi) is 2.74. The second-order valence-electron chi connectivity index (χ2n) is 5.34. The van der Waals surface area contributed by atoms with Gasteiger partial charge in [-0.2, -0.15) is 0 Å². The highest BCUT2D eigenvalue weighted by molar-refractivity contribution is 5.84. The summed E-state index contributed by atoms with van der Waals surface area (Å²) < 4.78 is 1.84. The Morgan fingerprint density at radius 2 is 1.95 bits per heavy atom. The van der Waals surface area contributed by atoms with Crippen molar-refractivity contribution in [2.24, 2.45) is 0 Å². The van der Waals surface area contributed by atoms with Gasteiger partial charge in [0.25, 0.3) is 0 Å². The maximum atomic E-state index is 4.22. The van der Waals surface area contributed by atoms with E-state index in [2.05, 4.69) is 58.1 Å². The zero-order valence-corrected chi connectivity index (χ0v) is 11.2. The van der Waals surface area contributed by atoms with Crippen LogP contribution in [0, 0.1) is 0 Å². The third-order valence-electron chi connectivity index (χ3n) is 3.69. The molecule has 0 amide bonds. The lowest BCUT2D eigenvalue weighted by molar-refractivity contribution is 0.671. The van der Waals surface area contributed by atoms with E-state index in [0.29, 0.717) is 6.04 Å². The fourth-order valence-corrected chi connectivity index (χ4v) is 2.36. The van der Waals surface area contributed by atoms with Crippen LogP contribution in [0.4, 0.5) is 0 Å². The van der Waals surface area contributed by atoms with E-state index in [-0.39, 0.29) is 0 Å². The molecular weight excluding hydrogens is 248 g/mol. The molecule has 0 atom stereocenters. The minimum Gasteiger partial charge on any atom is -0.308 e. The Bertz CT molecular complexity index is 743. The van der Waals surface area contributed by atoms with E-state index in [1.165, 1.54) is 23.6 Å². The largest absolute Gasteiger partial charge is 0.308 e. The van der Waals surface area contributed by atoms with Crippen molar-refractivity contribution in [1.82, 2.24) is 20.3 Å². The maximum Gasteiger partial charge on any atom is 0.0969 e. The van der Waals surface area contributed by atoms with Gasteiger partial charge in [0.05, 0.1) is 17.6 Å². The number of hydrogen-bond donors (Lipinski definition) is 1. The minimum atomic E-state index is 0.695. The summed E-state index contributed by atoms with van der Waals surface area (Å²) >= 11 is 0. The lowest BCUT2D eigenvalue weighted by Gasteiger charge is -2.02. The zero-order chi connectivity index (χ0) is 13.4. The average Bonchev–Trinajstić information content (AvgIpc) is 3.21. The molecule has 3 aromatic rings. The Labute approximate surface area is 117 Å². The van der Waals surface area contributed by atoms with E-state index in [1.54, 1.807) is 0 Å². The van der Waals surface area contributed by atoms with Crippen LogP contribution in [-0.4, -0.2) is 21.0 Å². The minimum absolute atomic E-state index is 0.695. The molecule has 2 aromatic carbocycles. The van der Waals surface area contributed by atoms with E-state index in [1.807, 2.05) is 10.9 Å². The number of hydrogen-bond acceptors (Lipinski definition) is 3. The Morgan fingerprint density at radius 3 is 2.80 bits per heavy atom. The van der Waals surface area contributed by atoms with Crippen LogP contribution in [0.25, 0.3) is 16.5 Å². The molecule has 0 bridgehead atoms. The van der Waals surface area contributed by atoms with Crippen LogP contribution in [0.5, 0.6) is 0 Å². The second-order valence-corrected chi connectivity index (χ2v) is 5.34. The van der Waals surface area contributed by atoms with Crippen LogP contribution in [0.2, 0.25) is 0 Å². The molecular formula is C16H16N4. The van der Waals surface area contributed by atoms with Crippen molar-refractivity contribution in [3.05, 3.63) is 54.4 Å². The molecule has 0 spiro atoms. The smallest absolute Gasteiger partial charge is 0.0969 e. The van der Waals surface area contributed by atoms with E-state index in [0.717, 1.165) is 17.9 Å². The first-order chi connectivity index (χ1) is 9.88. The third kappa shape index (κ3) is 2.30. The van der Waals surface area contributed by atoms with Gasteiger partial charge in [0, 0.05) is 12.6 Å². The molecule has 0 radical (unpaired) electrons. The summed E-state index contributed by atoms with van der Waals surface area (Å²) in [6.07, 6.45) is 4.58. The Morgan fingerprint density at radius 1 is 1.10 bits per heavy atom. The number of nitrogens with zero attached hydrogens (tertiary/aromatic N) is 3. The average molecular weight is 264 g/mol. The number of rotatable bonds is 4. The highest BCUT2D eigenvalue weighted by Gasteiger charge is 2.20. The first-order valence-corrected chi connectivity index (χ1v) is 7.02. The van der Waals surface area contributed by atoms with E-state index in [4.69, 9.17) is 0 Å². The molecule has 1 heterocycles. The van der Waals surface area contributed by atoms with Gasteiger partial charge in [-0.05, 0) is 35.7 Å². The molecule has 0 saturated heterocycles. The summed E-state index contributed by atoms with van der Waals surface area (Å²) in [4.78, 5) is 0. The molecule has 1 aromatic heterocycles. The Hall–Kier alpha value is -2.20. The van der Waals surface area contributed by atoms with Crippen LogP contribution < -0.4 is 5.32 Å². The molecule has 1 N–H and O–H groups in total. The fraction of sp³-hybridized carbons (Fsp3) is 0.250. The molecule has 1 aliphatic carbocycles. The van der Waals surface area contributed by atoms with E-state index >= 15 is 0 Å². The normalized spacial score (nSPS) is 14.8. The molecule has 20 heavy (non-hydrogen) atoms. The highest BCUT2D eigenvalue weighted by atomic mass is 15.4. The number of nitrogens with one attached hydrogen (secondary N) is 1. The predicted octanol–water partition coefficient (Wildman–Crippen LogP) is 2.67. The van der Waals surface area contributed by atoms with Crippen LogP contribution >= 0.6 is 0 Å². The van der Waals surface area contributed by atoms with Crippen molar-refractivity contribution in [2.45, 2.75) is 25.4 Å². The quantitative estimate of drug-likeness (QED) is 0.788. The van der Waals surface area contributed by atoms with E-state index in [9.17, 15) is 0 Å². The van der Waals surface area contributed by atoms with Gasteiger partial charge < -0.3 is 5.32 Å². The van der Waals surface area contributed by atoms with Gasteiger partial charge in [0.1, 0.15) is 0 Å². The van der Waals surface area contributed by atoms with Crippen LogP contribution in [0.3, 0.4) is 0 Å². The molecule has 4 nitrogen and oxygen atoms in total. The van der Waals surface area contributed by atoms with Crippen molar-refractivity contribution in [1.29, 1.82) is 0 Å². The first kappa shape index (κ1) is 11.6. The molecule has 4 heteroatoms. The van der Waals surface area contributed by atoms with Gasteiger partial charge in [0.2, 0.25) is 0 Å². The lowest BCUT2D eigenvalue weighted by Crippen LogP contribution is -2.15. The highest BCUT2D eigenvalue weighted by Crippen LogP contribution is 2.20. The Balaban J connectivity index is 1.60. The third-order valence-corrected chi connectivity index (χ3v) is 3.69. The van der Waals surface area contributed by atoms with Gasteiger partial charge in [-0.25, -0.2) is 4.68 Å². The van der Waals surface area contributed by atoms with Gasteiger partial charge in [-0.1, -0.05) is 35.5 Å². The molecule has 4 rings (SSSR count). The molecule has 1 saturated carbocycles. The monoisotopic (exact) mass is 264 g/mol. The van der Waals surface area contributed by atoms with Crippen LogP contribution in [0.1, 0.15) is 18.5 Å². The predicted molar refractivity (Wildman–Crippen MR) is 78.7 cm³/mol. The van der Waals surface area contributed by atoms with Crippen molar-refractivity contribution in [3.63, 3.8) is 0 Å². The summed E-state index contributed by atoms with van der Waals surface area (Å²) in [6.45, 7) is 0.804. The van der Waals surface area contributed by atoms with Crippen molar-refractivity contribution >= 4 is 10.8 Å². The zero-order valence-electron chi connectivity index (χ0n) is 11.2. The summed E-state index contributed by atoms with van der Waals surface area (Å²) in [5, 5.41) is 14.4. The van der Waals surface area contributed by atoms with Crippen molar-refractivity contribution < 1.29 is 0 Å². The number of fused-ring (bicyclic) bond motifs is 1. The SMILES string of the molecule is c1ccc2cc(-n3cc(CNC4CC4)nn3)ccc2c1. The van der Waals surface area contributed by atoms with Gasteiger partial charge in [0.15, 0.2) is 0 Å². The number of aromatic nitrogens is 3. The lowest BCUT2D eigenvalue weighted by atomic mass is 10.1. The summed E-state index contributed by atoms with van der Waals surface area (Å²) in [5.41, 5.74) is 2.04. The maximum absolute atomic E-state index is 4.22. The van der Waals surface area contributed by atoms with Gasteiger partial charge in [-0.15, -0.1) is 5.10 Å². The summed E-state index contributed by atoms with van der Waals surface area (Å²) in [6, 6.07) is 15.4. The standard InChI is InChI=1S/C16H16N4/c1-2-4-13-9-16(8-5-12(13)3-1)20-11-15(18-19-20)10-17-14-6-7-14/h1-5,8-9,11,14,17H,6-7,10H2. The fourth-order valence-electron chi connectivity index (χ4n) is 2.36. The van der Waals surface area contributed by atoms with Crippen molar-refractivity contribution in [3.8, 4) is 5.69 Å². The topological polar surface area (TPSA) is 42.7 Å². The van der Waals surface area contributed by atoms with Gasteiger partial charge >= 0.3 is 0 Å². The molecule has 0 unspecified atom stereocenters. The second kappa shape index (κ2) is 4.72. The van der Waals surface area contributed by atoms with Crippen molar-refractivity contribution in [2.75, 3.05) is 0 Å². The molecule has 0 aliphatic heterocycles. The van der Waals surface area contributed by atoms with E-state index < -0.39 is 0 Å². The number of benzene rings is 2. The van der Waals surface area contributed by atoms with Crippen LogP contribution in [0.15, 0.2) is 48.7 Å². The molecule has 100 valence electrons. The molecule has 1 aliphatic rings. The van der Waals surface area contributed by atoms with Crippen LogP contribution in [-0.2, 0) is 6.54 Å². The summed E-state index contributed by atoms with van der Waals surface area (Å²) in [5.74, 6) is 0. The first-order valence-electron chi connectivity index (χ1n) is 7.02. The summed E-state index contributed by atoms with van der Waals surface area (Å²) in [7, 11) is 0. The van der Waals surface area contributed by atoms with Gasteiger partial charge in [-0.3, -0.25) is 0 Å². The molecule has 1 fully saturated rings.